The van der Waals surface area contributed by atoms with Gasteiger partial charge in [0.25, 0.3) is 0 Å². The van der Waals surface area contributed by atoms with Crippen LogP contribution in [0.3, 0.4) is 0 Å². The van der Waals surface area contributed by atoms with Crippen molar-refractivity contribution in [1.29, 1.82) is 0 Å². The van der Waals surface area contributed by atoms with Crippen LogP contribution in [-0.2, 0) is 19.9 Å². The van der Waals surface area contributed by atoms with Gasteiger partial charge in [-0.1, -0.05) is 128 Å². The Hall–Kier alpha value is -3.32. The molecule has 53 heavy (non-hydrogen) atoms. The van der Waals surface area contributed by atoms with E-state index in [4.69, 9.17) is 22.3 Å². The lowest BCUT2D eigenvalue weighted by molar-refractivity contribution is 0.539. The lowest BCUT2D eigenvalue weighted by Crippen LogP contribution is -2.25. The molecular weight excluding hydrogens is 695 g/mol. The summed E-state index contributed by atoms with van der Waals surface area (Å²) >= 11 is 8.20. The number of hydrogen-bond donors (Lipinski definition) is 2. The third kappa shape index (κ3) is 13.8. The lowest BCUT2D eigenvalue weighted by Gasteiger charge is -2.16. The molecular formula is C46H64ClFN4S. The summed E-state index contributed by atoms with van der Waals surface area (Å²) in [4.78, 5) is 4.80. The molecule has 288 valence electrons. The van der Waals surface area contributed by atoms with Crippen molar-refractivity contribution >= 4 is 45.7 Å². The molecule has 1 aliphatic carbocycles. The quantitative estimate of drug-likeness (QED) is 0.112. The van der Waals surface area contributed by atoms with Crippen LogP contribution in [-0.4, -0.2) is 33.6 Å². The molecule has 1 atom stereocenters. The number of aryl methyl sites for hydroxylation is 3. The molecule has 4 aromatic rings. The highest BCUT2D eigenvalue weighted by Gasteiger charge is 2.21. The number of halogens is 2. The molecule has 0 aliphatic heterocycles. The Labute approximate surface area is 329 Å². The zero-order valence-electron chi connectivity index (χ0n) is 33.4. The molecule has 0 saturated carbocycles. The molecule has 1 heterocycles. The van der Waals surface area contributed by atoms with E-state index in [0.29, 0.717) is 23.1 Å². The predicted molar refractivity (Wildman–Crippen MR) is 234 cm³/mol. The predicted octanol–water partition coefficient (Wildman–Crippen LogP) is 13.0. The number of benzene rings is 3. The van der Waals surface area contributed by atoms with Crippen LogP contribution < -0.4 is 11.1 Å². The summed E-state index contributed by atoms with van der Waals surface area (Å²) in [5.74, 6) is 2.77. The second-order valence-corrected chi connectivity index (χ2v) is 15.6. The number of fused-ring (bicyclic) bond motifs is 1. The second-order valence-electron chi connectivity index (χ2n) is 13.9. The molecule has 0 amide bonds. The van der Waals surface area contributed by atoms with E-state index in [2.05, 4.69) is 69.9 Å². The van der Waals surface area contributed by atoms with Crippen LogP contribution in [0.4, 0.5) is 4.39 Å². The van der Waals surface area contributed by atoms with Gasteiger partial charge in [0, 0.05) is 41.7 Å². The van der Waals surface area contributed by atoms with E-state index >= 15 is 4.39 Å². The smallest absolute Gasteiger partial charge is 0.143 e. The summed E-state index contributed by atoms with van der Waals surface area (Å²) in [6.45, 7) is 17.7. The van der Waals surface area contributed by atoms with Gasteiger partial charge in [0.1, 0.15) is 11.7 Å². The number of hydrogen-bond acceptors (Lipinski definition) is 4. The summed E-state index contributed by atoms with van der Waals surface area (Å²) in [7, 11) is 1.93. The fourth-order valence-electron chi connectivity index (χ4n) is 6.46. The van der Waals surface area contributed by atoms with Gasteiger partial charge in [0.05, 0.1) is 11.0 Å². The van der Waals surface area contributed by atoms with Crippen LogP contribution in [0.2, 0.25) is 5.02 Å². The van der Waals surface area contributed by atoms with Crippen molar-refractivity contribution < 1.29 is 4.39 Å². The molecule has 0 spiro atoms. The fourth-order valence-corrected chi connectivity index (χ4v) is 7.43. The van der Waals surface area contributed by atoms with Crippen LogP contribution in [0.1, 0.15) is 109 Å². The van der Waals surface area contributed by atoms with Crippen molar-refractivity contribution in [2.45, 2.75) is 105 Å². The molecule has 1 unspecified atom stereocenters. The van der Waals surface area contributed by atoms with Crippen LogP contribution >= 0.6 is 23.4 Å². The first-order valence-electron chi connectivity index (χ1n) is 19.8. The minimum Gasteiger partial charge on any atom is -0.399 e. The van der Waals surface area contributed by atoms with Gasteiger partial charge in [-0.2, -0.15) is 11.8 Å². The highest BCUT2D eigenvalue weighted by atomic mass is 35.5. The van der Waals surface area contributed by atoms with Gasteiger partial charge in [0.2, 0.25) is 0 Å². The lowest BCUT2D eigenvalue weighted by atomic mass is 9.90. The number of nitrogens with two attached hydrogens (primary N) is 1. The van der Waals surface area contributed by atoms with Crippen molar-refractivity contribution in [3.05, 3.63) is 113 Å². The SMILES string of the molecule is C=C(N)c1ccc2c(c1)nc(C1=CCCC(CCc3cc(CCSCCNC(C)C)ccc3-c3ccc(Cl)cc3)C=C1F)n2C.CC.CCCCCC. The van der Waals surface area contributed by atoms with Crippen LogP contribution in [0.5, 0.6) is 0 Å². The van der Waals surface area contributed by atoms with Crippen molar-refractivity contribution in [3.8, 4) is 11.1 Å². The maximum atomic E-state index is 15.9. The van der Waals surface area contributed by atoms with Crippen molar-refractivity contribution in [3.63, 3.8) is 0 Å². The van der Waals surface area contributed by atoms with E-state index < -0.39 is 0 Å². The largest absolute Gasteiger partial charge is 0.399 e. The summed E-state index contributed by atoms with van der Waals surface area (Å²) in [5, 5.41) is 4.22. The molecule has 3 N–H and O–H groups in total. The topological polar surface area (TPSA) is 55.9 Å². The Balaban J connectivity index is 0.000000860. The normalized spacial score (nSPS) is 14.1. The zero-order chi connectivity index (χ0) is 38.8. The first-order chi connectivity index (χ1) is 25.6. The first-order valence-corrected chi connectivity index (χ1v) is 21.3. The van der Waals surface area contributed by atoms with Crippen LogP contribution in [0, 0.1) is 5.92 Å². The van der Waals surface area contributed by atoms with E-state index in [1.807, 2.05) is 79.7 Å². The third-order valence-electron chi connectivity index (χ3n) is 9.42. The fraction of sp³-hybridized carbons (Fsp3) is 0.457. The van der Waals surface area contributed by atoms with Crippen LogP contribution in [0.25, 0.3) is 33.4 Å². The zero-order valence-corrected chi connectivity index (χ0v) is 35.0. The molecule has 0 bridgehead atoms. The summed E-state index contributed by atoms with van der Waals surface area (Å²) in [5.41, 5.74) is 14.5. The van der Waals surface area contributed by atoms with Crippen molar-refractivity contribution in [1.82, 2.24) is 14.9 Å². The molecule has 1 aliphatic rings. The number of thioether (sulfide) groups is 1. The molecule has 7 heteroatoms. The maximum absolute atomic E-state index is 15.9. The van der Waals surface area contributed by atoms with E-state index in [1.54, 1.807) is 0 Å². The Morgan fingerprint density at radius 3 is 2.40 bits per heavy atom. The summed E-state index contributed by atoms with van der Waals surface area (Å²) in [6.07, 6.45) is 13.8. The van der Waals surface area contributed by atoms with E-state index in [-0.39, 0.29) is 11.7 Å². The Kier molecular flexibility index (Phi) is 19.5. The number of imidazole rings is 1. The Bertz CT molecular complexity index is 1770. The number of nitrogens with zero attached hydrogens (tertiary/aromatic N) is 2. The number of rotatable bonds is 16. The Morgan fingerprint density at radius 2 is 1.74 bits per heavy atom. The highest BCUT2D eigenvalue weighted by Crippen LogP contribution is 2.35. The Morgan fingerprint density at radius 1 is 1.02 bits per heavy atom. The van der Waals surface area contributed by atoms with E-state index in [9.17, 15) is 0 Å². The summed E-state index contributed by atoms with van der Waals surface area (Å²) < 4.78 is 17.8. The average molecular weight is 760 g/mol. The number of aromatic nitrogens is 2. The minimum absolute atomic E-state index is 0.131. The van der Waals surface area contributed by atoms with Gasteiger partial charge in [0.15, 0.2) is 0 Å². The molecule has 1 aromatic heterocycles. The van der Waals surface area contributed by atoms with Gasteiger partial charge in [-0.25, -0.2) is 9.37 Å². The molecule has 4 nitrogen and oxygen atoms in total. The average Bonchev–Trinajstić information content (AvgIpc) is 3.36. The van der Waals surface area contributed by atoms with Gasteiger partial charge < -0.3 is 15.6 Å². The number of unbranched alkanes of at least 4 members (excludes halogenated alkanes) is 3. The second kappa shape index (κ2) is 23.5. The molecule has 3 aromatic carbocycles. The first kappa shape index (κ1) is 44.1. The van der Waals surface area contributed by atoms with Gasteiger partial charge >= 0.3 is 0 Å². The summed E-state index contributed by atoms with van der Waals surface area (Å²) in [6, 6.07) is 21.3. The molecule has 0 fully saturated rings. The standard InChI is InChI=1S/C38H44ClFN4S.C6H14.C2H6/c1-25(2)42-19-21-45-20-18-28-9-16-33(29-11-14-32(39)15-12-29)31(22-28)10-8-27-6-5-7-34(35(40)23-27)38-43-36-24-30(26(3)41)13-17-37(36)44(38)4;1-3-5-6-4-2;1-2/h7,9,11-17,22-25,27,42H,3,5-6,8,10,18-21,41H2,1-2,4H3;3-6H2,1-2H3;1-2H3. The van der Waals surface area contributed by atoms with Crippen molar-refractivity contribution in [2.24, 2.45) is 18.7 Å². The molecule has 0 saturated heterocycles. The number of allylic oxidation sites excluding steroid dienone is 4. The van der Waals surface area contributed by atoms with Gasteiger partial charge in [-0.15, -0.1) is 0 Å². The van der Waals surface area contributed by atoms with Gasteiger partial charge in [-0.05, 0) is 102 Å². The highest BCUT2D eigenvalue weighted by molar-refractivity contribution is 7.99. The van der Waals surface area contributed by atoms with Crippen molar-refractivity contribution in [2.75, 3.05) is 18.1 Å². The van der Waals surface area contributed by atoms with Gasteiger partial charge in [-0.3, -0.25) is 0 Å². The molecule has 0 radical (unpaired) electrons. The van der Waals surface area contributed by atoms with E-state index in [1.165, 1.54) is 42.4 Å². The maximum Gasteiger partial charge on any atom is 0.143 e. The van der Waals surface area contributed by atoms with Crippen LogP contribution in [0.15, 0.2) is 85.2 Å². The molecule has 5 rings (SSSR count). The van der Waals surface area contributed by atoms with E-state index in [0.717, 1.165) is 77.3 Å². The minimum atomic E-state index is -0.199. The number of nitrogens with one attached hydrogen (secondary N) is 1. The third-order valence-corrected chi connectivity index (χ3v) is 10.7. The monoisotopic (exact) mass is 758 g/mol.